The summed E-state index contributed by atoms with van der Waals surface area (Å²) in [6.07, 6.45) is 3.50. The van der Waals surface area contributed by atoms with E-state index in [-0.39, 0.29) is 48.3 Å². The number of para-hydroxylation sites is 1. The van der Waals surface area contributed by atoms with E-state index in [9.17, 15) is 19.2 Å². The van der Waals surface area contributed by atoms with E-state index in [1.807, 2.05) is 31.2 Å². The summed E-state index contributed by atoms with van der Waals surface area (Å²) < 4.78 is 5.58. The molecular formula is C26H26N2O5. The molecule has 2 heterocycles. The molecule has 3 atom stereocenters. The summed E-state index contributed by atoms with van der Waals surface area (Å²) in [5.74, 6) is -1.75. The zero-order valence-electron chi connectivity index (χ0n) is 18.5. The molecule has 5 rings (SSSR count). The SMILES string of the molecule is Cc1ccccc1N1C[C@@H](C(=O)Oc2cccc(N3C(=O)[C@H]4CCCC[C@H]4C3=O)c2)CC1=O. The lowest BCUT2D eigenvalue weighted by Crippen LogP contribution is -2.31. The Morgan fingerprint density at radius 2 is 1.64 bits per heavy atom. The number of carbonyl (C=O) groups is 4. The first-order valence-electron chi connectivity index (χ1n) is 11.5. The Balaban J connectivity index is 1.30. The number of hydrogen-bond donors (Lipinski definition) is 0. The van der Waals surface area contributed by atoms with Crippen molar-refractivity contribution in [3.63, 3.8) is 0 Å². The highest BCUT2D eigenvalue weighted by Crippen LogP contribution is 2.40. The first-order chi connectivity index (χ1) is 15.9. The summed E-state index contributed by atoms with van der Waals surface area (Å²) >= 11 is 0. The van der Waals surface area contributed by atoms with Crippen LogP contribution in [0.15, 0.2) is 48.5 Å². The average Bonchev–Trinajstić information content (AvgIpc) is 3.32. The molecule has 3 amide bonds. The number of benzene rings is 2. The largest absolute Gasteiger partial charge is 0.426 e. The van der Waals surface area contributed by atoms with Gasteiger partial charge in [-0.05, 0) is 43.5 Å². The maximum absolute atomic E-state index is 12.9. The van der Waals surface area contributed by atoms with Gasteiger partial charge in [0.1, 0.15) is 5.75 Å². The van der Waals surface area contributed by atoms with Gasteiger partial charge in [-0.3, -0.25) is 19.2 Å². The maximum Gasteiger partial charge on any atom is 0.316 e. The number of anilines is 2. The highest BCUT2D eigenvalue weighted by atomic mass is 16.5. The molecule has 0 spiro atoms. The van der Waals surface area contributed by atoms with Crippen LogP contribution in [-0.4, -0.2) is 30.2 Å². The molecule has 0 aromatic heterocycles. The molecule has 7 heteroatoms. The zero-order chi connectivity index (χ0) is 23.1. The second kappa shape index (κ2) is 8.46. The van der Waals surface area contributed by atoms with Gasteiger partial charge in [-0.25, -0.2) is 4.90 Å². The average molecular weight is 447 g/mol. The Labute approximate surface area is 192 Å². The quantitative estimate of drug-likeness (QED) is 0.407. The summed E-state index contributed by atoms with van der Waals surface area (Å²) in [5.41, 5.74) is 2.19. The third kappa shape index (κ3) is 3.81. The smallest absolute Gasteiger partial charge is 0.316 e. The van der Waals surface area contributed by atoms with E-state index in [2.05, 4.69) is 0 Å². The molecule has 2 saturated heterocycles. The van der Waals surface area contributed by atoms with Crippen molar-refractivity contribution < 1.29 is 23.9 Å². The number of imide groups is 1. The lowest BCUT2D eigenvalue weighted by molar-refractivity contribution is -0.139. The molecule has 7 nitrogen and oxygen atoms in total. The Morgan fingerprint density at radius 1 is 0.939 bits per heavy atom. The van der Waals surface area contributed by atoms with E-state index >= 15 is 0 Å². The van der Waals surface area contributed by atoms with Gasteiger partial charge >= 0.3 is 5.97 Å². The Hall–Kier alpha value is -3.48. The molecule has 1 aliphatic carbocycles. The minimum absolute atomic E-state index is 0.0827. The fourth-order valence-corrected chi connectivity index (χ4v) is 5.27. The van der Waals surface area contributed by atoms with Crippen molar-refractivity contribution in [1.82, 2.24) is 0 Å². The van der Waals surface area contributed by atoms with E-state index in [0.29, 0.717) is 5.69 Å². The Bertz CT molecular complexity index is 1120. The van der Waals surface area contributed by atoms with Crippen LogP contribution < -0.4 is 14.5 Å². The summed E-state index contributed by atoms with van der Waals surface area (Å²) in [6, 6.07) is 14.1. The molecule has 2 aliphatic heterocycles. The lowest BCUT2D eigenvalue weighted by atomic mass is 9.81. The van der Waals surface area contributed by atoms with Crippen molar-refractivity contribution in [3.8, 4) is 5.75 Å². The minimum Gasteiger partial charge on any atom is -0.426 e. The predicted molar refractivity (Wildman–Crippen MR) is 122 cm³/mol. The fraction of sp³-hybridized carbons (Fsp3) is 0.385. The van der Waals surface area contributed by atoms with Crippen LogP contribution in [-0.2, 0) is 19.2 Å². The van der Waals surface area contributed by atoms with E-state index in [4.69, 9.17) is 4.74 Å². The number of fused-ring (bicyclic) bond motifs is 1. The van der Waals surface area contributed by atoms with Crippen LogP contribution in [0.2, 0.25) is 0 Å². The Morgan fingerprint density at radius 3 is 2.33 bits per heavy atom. The van der Waals surface area contributed by atoms with Crippen molar-refractivity contribution in [2.45, 2.75) is 39.0 Å². The topological polar surface area (TPSA) is 84.0 Å². The zero-order valence-corrected chi connectivity index (χ0v) is 18.5. The standard InChI is InChI=1S/C26H26N2O5/c1-16-7-2-5-12-22(16)27-15-17(13-23(27)29)26(32)33-19-9-6-8-18(14-19)28-24(30)20-10-3-4-11-21(20)25(28)31/h2,5-9,12,14,17,20-21H,3-4,10-11,13,15H2,1H3/t17-,20-,21+/m0/s1. The van der Waals surface area contributed by atoms with Gasteiger partial charge in [-0.2, -0.15) is 0 Å². The first-order valence-corrected chi connectivity index (χ1v) is 11.5. The summed E-state index contributed by atoms with van der Waals surface area (Å²) in [7, 11) is 0. The van der Waals surface area contributed by atoms with E-state index in [1.54, 1.807) is 29.2 Å². The second-order valence-electron chi connectivity index (χ2n) is 9.12. The Kier molecular flexibility index (Phi) is 5.48. The number of amides is 3. The van der Waals surface area contributed by atoms with Crippen LogP contribution in [0.5, 0.6) is 5.75 Å². The highest BCUT2D eigenvalue weighted by Gasteiger charge is 2.48. The van der Waals surface area contributed by atoms with Gasteiger partial charge in [0.25, 0.3) is 0 Å². The number of rotatable bonds is 4. The molecule has 0 radical (unpaired) electrons. The van der Waals surface area contributed by atoms with Crippen molar-refractivity contribution >= 4 is 35.1 Å². The number of ether oxygens (including phenoxy) is 1. The molecule has 0 bridgehead atoms. The lowest BCUT2D eigenvalue weighted by Gasteiger charge is -2.19. The number of esters is 1. The molecule has 3 fully saturated rings. The van der Waals surface area contributed by atoms with Gasteiger partial charge in [-0.1, -0.05) is 37.1 Å². The second-order valence-corrected chi connectivity index (χ2v) is 9.12. The van der Waals surface area contributed by atoms with Crippen LogP contribution in [0.25, 0.3) is 0 Å². The number of nitrogens with zero attached hydrogens (tertiary/aromatic N) is 2. The fourth-order valence-electron chi connectivity index (χ4n) is 5.27. The summed E-state index contributed by atoms with van der Waals surface area (Å²) in [4.78, 5) is 54.0. The van der Waals surface area contributed by atoms with Crippen molar-refractivity contribution in [1.29, 1.82) is 0 Å². The van der Waals surface area contributed by atoms with Crippen molar-refractivity contribution in [2.75, 3.05) is 16.3 Å². The molecule has 170 valence electrons. The normalized spacial score (nSPS) is 24.9. The number of hydrogen-bond acceptors (Lipinski definition) is 5. The summed E-state index contributed by atoms with van der Waals surface area (Å²) in [5, 5.41) is 0. The molecule has 2 aromatic carbocycles. The van der Waals surface area contributed by atoms with Crippen LogP contribution in [0.4, 0.5) is 11.4 Å². The first kappa shape index (κ1) is 21.4. The third-order valence-corrected chi connectivity index (χ3v) is 7.00. The van der Waals surface area contributed by atoms with Gasteiger partial charge in [0.2, 0.25) is 17.7 Å². The number of aryl methyl sites for hydroxylation is 1. The molecular weight excluding hydrogens is 420 g/mol. The van der Waals surface area contributed by atoms with Gasteiger partial charge < -0.3 is 9.64 Å². The van der Waals surface area contributed by atoms with E-state index < -0.39 is 11.9 Å². The van der Waals surface area contributed by atoms with Gasteiger partial charge in [0.15, 0.2) is 0 Å². The summed E-state index contributed by atoms with van der Waals surface area (Å²) in [6.45, 7) is 2.19. The van der Waals surface area contributed by atoms with E-state index in [1.165, 1.54) is 4.90 Å². The minimum atomic E-state index is -0.585. The van der Waals surface area contributed by atoms with Crippen molar-refractivity contribution in [3.05, 3.63) is 54.1 Å². The van der Waals surface area contributed by atoms with Gasteiger partial charge in [-0.15, -0.1) is 0 Å². The van der Waals surface area contributed by atoms with Crippen molar-refractivity contribution in [2.24, 2.45) is 17.8 Å². The molecule has 33 heavy (non-hydrogen) atoms. The maximum atomic E-state index is 12.9. The third-order valence-electron chi connectivity index (χ3n) is 7.00. The molecule has 0 N–H and O–H groups in total. The molecule has 3 aliphatic rings. The van der Waals surface area contributed by atoms with Gasteiger partial charge in [0.05, 0.1) is 23.4 Å². The van der Waals surface area contributed by atoms with Crippen LogP contribution in [0.3, 0.4) is 0 Å². The number of carbonyl (C=O) groups excluding carboxylic acids is 4. The predicted octanol–water partition coefficient (Wildman–Crippen LogP) is 3.63. The van der Waals surface area contributed by atoms with E-state index in [0.717, 1.165) is 36.9 Å². The monoisotopic (exact) mass is 446 g/mol. The molecule has 2 aromatic rings. The van der Waals surface area contributed by atoms with Crippen LogP contribution in [0, 0.1) is 24.7 Å². The molecule has 0 unspecified atom stereocenters. The highest BCUT2D eigenvalue weighted by molar-refractivity contribution is 6.22. The van der Waals surface area contributed by atoms with Crippen LogP contribution >= 0.6 is 0 Å². The van der Waals surface area contributed by atoms with Crippen LogP contribution in [0.1, 0.15) is 37.7 Å². The van der Waals surface area contributed by atoms with Gasteiger partial charge in [0, 0.05) is 24.7 Å². The molecule has 1 saturated carbocycles.